The summed E-state index contributed by atoms with van der Waals surface area (Å²) < 4.78 is 4.61. The number of cyclic esters (lactones) is 2. The number of esters is 2. The Balaban J connectivity index is 1.74. The molecule has 3 rings (SSSR count). The minimum Gasteiger partial charge on any atom is -0.393 e. The normalized spacial score (nSPS) is 24.5. The van der Waals surface area contributed by atoms with Crippen LogP contribution in [0.5, 0.6) is 0 Å². The highest BCUT2D eigenvalue weighted by molar-refractivity contribution is 5.97. The van der Waals surface area contributed by atoms with Crippen molar-refractivity contribution in [2.24, 2.45) is 0 Å². The molecule has 1 aromatic carbocycles. The Morgan fingerprint density at radius 3 is 2.00 bits per heavy atom. The van der Waals surface area contributed by atoms with Crippen LogP contribution in [-0.2, 0) is 14.3 Å². The van der Waals surface area contributed by atoms with Crippen LogP contribution in [0.15, 0.2) is 24.3 Å². The predicted octanol–water partition coefficient (Wildman–Crippen LogP) is 3.68. The molecule has 0 bridgehead atoms. The predicted molar refractivity (Wildman–Crippen MR) is 75.3 cm³/mol. The molecule has 1 aromatic rings. The molecule has 3 heteroatoms. The van der Waals surface area contributed by atoms with Gasteiger partial charge in [-0.1, -0.05) is 49.9 Å². The summed E-state index contributed by atoms with van der Waals surface area (Å²) >= 11 is 0. The SMILES string of the molecule is O=C1C[C@@H](c2ccc(C3CCCCCC3)cc2)C(=O)O1. The highest BCUT2D eigenvalue weighted by Gasteiger charge is 2.34. The van der Waals surface area contributed by atoms with Gasteiger partial charge in [-0.2, -0.15) is 0 Å². The van der Waals surface area contributed by atoms with E-state index < -0.39 is 17.9 Å². The molecule has 0 radical (unpaired) electrons. The van der Waals surface area contributed by atoms with Crippen LogP contribution in [0.2, 0.25) is 0 Å². The minimum atomic E-state index is -0.409. The van der Waals surface area contributed by atoms with E-state index in [9.17, 15) is 9.59 Å². The maximum atomic E-state index is 11.6. The zero-order valence-electron chi connectivity index (χ0n) is 11.6. The first-order chi connectivity index (χ1) is 9.74. The summed E-state index contributed by atoms with van der Waals surface area (Å²) in [5, 5.41) is 0. The number of ether oxygens (including phenoxy) is 1. The van der Waals surface area contributed by atoms with E-state index in [1.54, 1.807) is 0 Å². The van der Waals surface area contributed by atoms with Gasteiger partial charge in [0.1, 0.15) is 0 Å². The van der Waals surface area contributed by atoms with E-state index >= 15 is 0 Å². The fourth-order valence-corrected chi connectivity index (χ4v) is 3.34. The third kappa shape index (κ3) is 2.77. The lowest BCUT2D eigenvalue weighted by atomic mass is 9.89. The van der Waals surface area contributed by atoms with Crippen molar-refractivity contribution in [3.05, 3.63) is 35.4 Å². The fraction of sp³-hybridized carbons (Fsp3) is 0.529. The van der Waals surface area contributed by atoms with Gasteiger partial charge in [-0.3, -0.25) is 9.59 Å². The zero-order chi connectivity index (χ0) is 13.9. The van der Waals surface area contributed by atoms with Crippen LogP contribution in [0, 0.1) is 0 Å². The quantitative estimate of drug-likeness (QED) is 0.468. The molecule has 1 saturated carbocycles. The fourth-order valence-electron chi connectivity index (χ4n) is 3.34. The Kier molecular flexibility index (Phi) is 3.86. The van der Waals surface area contributed by atoms with E-state index in [0.29, 0.717) is 5.92 Å². The van der Waals surface area contributed by atoms with Crippen LogP contribution in [0.1, 0.15) is 67.9 Å². The van der Waals surface area contributed by atoms with Crippen molar-refractivity contribution in [1.82, 2.24) is 0 Å². The van der Waals surface area contributed by atoms with Crippen LogP contribution in [-0.4, -0.2) is 11.9 Å². The van der Waals surface area contributed by atoms with E-state index in [1.165, 1.54) is 44.1 Å². The second-order valence-electron chi connectivity index (χ2n) is 5.90. The van der Waals surface area contributed by atoms with Crippen molar-refractivity contribution in [2.45, 2.75) is 56.8 Å². The number of carbonyl (C=O) groups excluding carboxylic acids is 2. The van der Waals surface area contributed by atoms with Gasteiger partial charge in [0, 0.05) is 0 Å². The molecule has 3 nitrogen and oxygen atoms in total. The van der Waals surface area contributed by atoms with E-state index in [2.05, 4.69) is 16.9 Å². The van der Waals surface area contributed by atoms with Crippen molar-refractivity contribution in [2.75, 3.05) is 0 Å². The molecular weight excluding hydrogens is 252 g/mol. The summed E-state index contributed by atoms with van der Waals surface area (Å²) in [6.07, 6.45) is 8.05. The Bertz CT molecular complexity index is 495. The lowest BCUT2D eigenvalue weighted by Crippen LogP contribution is -2.06. The molecule has 0 amide bonds. The molecular formula is C17H20O3. The van der Waals surface area contributed by atoms with E-state index in [0.717, 1.165) is 5.56 Å². The highest BCUT2D eigenvalue weighted by atomic mass is 16.6. The summed E-state index contributed by atoms with van der Waals surface area (Å²) in [4.78, 5) is 22.7. The molecule has 1 aliphatic heterocycles. The van der Waals surface area contributed by atoms with Crippen LogP contribution in [0.4, 0.5) is 0 Å². The molecule has 1 aliphatic carbocycles. The minimum absolute atomic E-state index is 0.182. The van der Waals surface area contributed by atoms with Crippen molar-refractivity contribution >= 4 is 11.9 Å². The number of rotatable bonds is 2. The summed E-state index contributed by atoms with van der Waals surface area (Å²) in [5.74, 6) is -0.556. The summed E-state index contributed by atoms with van der Waals surface area (Å²) in [5.41, 5.74) is 2.27. The third-order valence-corrected chi connectivity index (χ3v) is 4.54. The average molecular weight is 272 g/mol. The summed E-state index contributed by atoms with van der Waals surface area (Å²) in [6, 6.07) is 8.23. The monoisotopic (exact) mass is 272 g/mol. The van der Waals surface area contributed by atoms with Crippen LogP contribution in [0.25, 0.3) is 0 Å². The van der Waals surface area contributed by atoms with Crippen LogP contribution >= 0.6 is 0 Å². The van der Waals surface area contributed by atoms with Crippen molar-refractivity contribution in [3.63, 3.8) is 0 Å². The zero-order valence-corrected chi connectivity index (χ0v) is 11.6. The van der Waals surface area contributed by atoms with E-state index in [-0.39, 0.29) is 6.42 Å². The summed E-state index contributed by atoms with van der Waals surface area (Å²) in [6.45, 7) is 0. The number of carbonyl (C=O) groups is 2. The van der Waals surface area contributed by atoms with E-state index in [1.807, 2.05) is 12.1 Å². The molecule has 0 unspecified atom stereocenters. The van der Waals surface area contributed by atoms with Gasteiger partial charge in [0.15, 0.2) is 0 Å². The molecule has 1 atom stereocenters. The molecule has 106 valence electrons. The Labute approximate surface area is 119 Å². The van der Waals surface area contributed by atoms with Gasteiger partial charge in [0.05, 0.1) is 12.3 Å². The molecule has 2 aliphatic rings. The van der Waals surface area contributed by atoms with Crippen LogP contribution < -0.4 is 0 Å². The first-order valence-electron chi connectivity index (χ1n) is 7.58. The van der Waals surface area contributed by atoms with Gasteiger partial charge in [-0.25, -0.2) is 0 Å². The van der Waals surface area contributed by atoms with Gasteiger partial charge in [-0.05, 0) is 29.9 Å². The Morgan fingerprint density at radius 1 is 0.850 bits per heavy atom. The molecule has 0 spiro atoms. The molecule has 20 heavy (non-hydrogen) atoms. The number of benzene rings is 1. The first kappa shape index (κ1) is 13.3. The van der Waals surface area contributed by atoms with E-state index in [4.69, 9.17) is 0 Å². The molecule has 0 aromatic heterocycles. The molecule has 1 heterocycles. The second kappa shape index (κ2) is 5.78. The topological polar surface area (TPSA) is 43.4 Å². The lowest BCUT2D eigenvalue weighted by Gasteiger charge is -2.15. The number of hydrogen-bond donors (Lipinski definition) is 0. The van der Waals surface area contributed by atoms with Crippen LogP contribution in [0.3, 0.4) is 0 Å². The van der Waals surface area contributed by atoms with Gasteiger partial charge in [0.25, 0.3) is 0 Å². The average Bonchev–Trinajstić information content (AvgIpc) is 2.68. The Morgan fingerprint density at radius 2 is 1.45 bits per heavy atom. The number of hydrogen-bond acceptors (Lipinski definition) is 3. The van der Waals surface area contributed by atoms with Crippen molar-refractivity contribution < 1.29 is 14.3 Å². The van der Waals surface area contributed by atoms with Crippen molar-refractivity contribution in [1.29, 1.82) is 0 Å². The highest BCUT2D eigenvalue weighted by Crippen LogP contribution is 2.33. The molecule has 2 fully saturated rings. The molecule has 1 saturated heterocycles. The van der Waals surface area contributed by atoms with Gasteiger partial charge >= 0.3 is 11.9 Å². The van der Waals surface area contributed by atoms with Gasteiger partial charge in [0.2, 0.25) is 0 Å². The maximum absolute atomic E-state index is 11.6. The van der Waals surface area contributed by atoms with Crippen molar-refractivity contribution in [3.8, 4) is 0 Å². The first-order valence-corrected chi connectivity index (χ1v) is 7.58. The maximum Gasteiger partial charge on any atom is 0.321 e. The van der Waals surface area contributed by atoms with Gasteiger partial charge in [-0.15, -0.1) is 0 Å². The lowest BCUT2D eigenvalue weighted by molar-refractivity contribution is -0.152. The standard InChI is InChI=1S/C17H20O3/c18-16-11-15(17(19)20-16)14-9-7-13(8-10-14)12-5-3-1-2-4-6-12/h7-10,12,15H,1-6,11H2/t15-/m0/s1. The largest absolute Gasteiger partial charge is 0.393 e. The smallest absolute Gasteiger partial charge is 0.321 e. The van der Waals surface area contributed by atoms with Gasteiger partial charge < -0.3 is 4.74 Å². The Hall–Kier alpha value is -1.64. The third-order valence-electron chi connectivity index (χ3n) is 4.54. The molecule has 0 N–H and O–H groups in total. The second-order valence-corrected chi connectivity index (χ2v) is 5.90. The summed E-state index contributed by atoms with van der Waals surface area (Å²) in [7, 11) is 0.